The van der Waals surface area contributed by atoms with Crippen LogP contribution in [0.3, 0.4) is 0 Å². The van der Waals surface area contributed by atoms with E-state index in [0.717, 1.165) is 11.1 Å². The number of ether oxygens (including phenoxy) is 1. The molecule has 2 aromatic carbocycles. The zero-order valence-electron chi connectivity index (χ0n) is 14.4. The Morgan fingerprint density at radius 3 is 2.23 bits per heavy atom. The van der Waals surface area contributed by atoms with E-state index in [-0.39, 0.29) is 22.8 Å². The third kappa shape index (κ3) is 4.32. The summed E-state index contributed by atoms with van der Waals surface area (Å²) in [6.07, 6.45) is 0. The van der Waals surface area contributed by atoms with E-state index in [9.17, 15) is 25.0 Å². The van der Waals surface area contributed by atoms with Gasteiger partial charge in [-0.1, -0.05) is 6.07 Å². The van der Waals surface area contributed by atoms with Crippen LogP contribution in [0.15, 0.2) is 30.3 Å². The molecular weight excluding hydrogens is 342 g/mol. The number of nitro benzene ring substituents is 2. The number of carbonyl (C=O) groups is 1. The van der Waals surface area contributed by atoms with Gasteiger partial charge in [-0.05, 0) is 49.6 Å². The Bertz CT molecular complexity index is 894. The first kappa shape index (κ1) is 18.8. The minimum absolute atomic E-state index is 0.0464. The average Bonchev–Trinajstić information content (AvgIpc) is 2.56. The Morgan fingerprint density at radius 1 is 1.00 bits per heavy atom. The number of nitro groups is 2. The smallest absolute Gasteiger partial charge is 0.311 e. The molecule has 9 nitrogen and oxygen atoms in total. The van der Waals surface area contributed by atoms with Crippen LogP contribution < -0.4 is 10.1 Å². The quantitative estimate of drug-likeness (QED) is 0.622. The van der Waals surface area contributed by atoms with E-state index in [2.05, 4.69) is 5.32 Å². The zero-order chi connectivity index (χ0) is 19.4. The molecule has 2 rings (SSSR count). The third-order valence-electron chi connectivity index (χ3n) is 3.75. The summed E-state index contributed by atoms with van der Waals surface area (Å²) in [6, 6.07) is 7.23. The molecule has 9 heteroatoms. The van der Waals surface area contributed by atoms with Crippen LogP contribution >= 0.6 is 0 Å². The van der Waals surface area contributed by atoms with Gasteiger partial charge in [-0.2, -0.15) is 0 Å². The Kier molecular flexibility index (Phi) is 5.51. The van der Waals surface area contributed by atoms with Crippen LogP contribution in [0.5, 0.6) is 5.75 Å². The van der Waals surface area contributed by atoms with E-state index >= 15 is 0 Å². The molecule has 0 atom stereocenters. The number of hydrogen-bond donors (Lipinski definition) is 1. The first-order chi connectivity index (χ1) is 12.2. The van der Waals surface area contributed by atoms with Crippen molar-refractivity contribution in [2.24, 2.45) is 0 Å². The standard InChI is InChI=1S/C17H17N3O6/c1-10-4-5-16(15(6-10)20(24)25)26-9-17(21)18-13-7-11(2)12(3)8-14(13)19(22)23/h4-8H,9H2,1-3H3,(H,18,21). The van der Waals surface area contributed by atoms with Crippen molar-refractivity contribution in [3.05, 3.63) is 67.3 Å². The fourth-order valence-corrected chi connectivity index (χ4v) is 2.27. The van der Waals surface area contributed by atoms with Crippen LogP contribution in [-0.2, 0) is 4.79 Å². The second kappa shape index (κ2) is 7.60. The van der Waals surface area contributed by atoms with Gasteiger partial charge in [0.2, 0.25) is 0 Å². The lowest BCUT2D eigenvalue weighted by Gasteiger charge is -2.10. The molecule has 0 aromatic heterocycles. The lowest BCUT2D eigenvalue weighted by Crippen LogP contribution is -2.21. The minimum Gasteiger partial charge on any atom is -0.477 e. The number of benzene rings is 2. The van der Waals surface area contributed by atoms with E-state index in [4.69, 9.17) is 4.74 Å². The SMILES string of the molecule is Cc1ccc(OCC(=O)Nc2cc(C)c(C)cc2[N+](=O)[O-])c([N+](=O)[O-])c1. The van der Waals surface area contributed by atoms with Crippen molar-refractivity contribution in [1.82, 2.24) is 0 Å². The Hall–Kier alpha value is -3.49. The maximum atomic E-state index is 12.1. The highest BCUT2D eigenvalue weighted by atomic mass is 16.6. The summed E-state index contributed by atoms with van der Waals surface area (Å²) in [7, 11) is 0. The molecule has 0 spiro atoms. The molecule has 26 heavy (non-hydrogen) atoms. The van der Waals surface area contributed by atoms with E-state index in [0.29, 0.717) is 5.56 Å². The predicted molar refractivity (Wildman–Crippen MR) is 94.5 cm³/mol. The van der Waals surface area contributed by atoms with Crippen LogP contribution in [0.25, 0.3) is 0 Å². The Morgan fingerprint density at radius 2 is 1.62 bits per heavy atom. The highest BCUT2D eigenvalue weighted by Crippen LogP contribution is 2.29. The van der Waals surface area contributed by atoms with Gasteiger partial charge in [-0.25, -0.2) is 0 Å². The van der Waals surface area contributed by atoms with Gasteiger partial charge in [0, 0.05) is 12.1 Å². The second-order valence-corrected chi connectivity index (χ2v) is 5.78. The van der Waals surface area contributed by atoms with Gasteiger partial charge in [0.05, 0.1) is 9.85 Å². The van der Waals surface area contributed by atoms with Crippen LogP contribution in [0.1, 0.15) is 16.7 Å². The monoisotopic (exact) mass is 359 g/mol. The largest absolute Gasteiger partial charge is 0.477 e. The highest BCUT2D eigenvalue weighted by Gasteiger charge is 2.19. The molecular formula is C17H17N3O6. The lowest BCUT2D eigenvalue weighted by molar-refractivity contribution is -0.385. The summed E-state index contributed by atoms with van der Waals surface area (Å²) in [4.78, 5) is 33.1. The van der Waals surface area contributed by atoms with Crippen molar-refractivity contribution >= 4 is 23.0 Å². The van der Waals surface area contributed by atoms with Gasteiger partial charge >= 0.3 is 5.69 Å². The summed E-state index contributed by atoms with van der Waals surface area (Å²) >= 11 is 0. The molecule has 2 aromatic rings. The lowest BCUT2D eigenvalue weighted by atomic mass is 10.1. The van der Waals surface area contributed by atoms with Crippen LogP contribution in [0.2, 0.25) is 0 Å². The fourth-order valence-electron chi connectivity index (χ4n) is 2.27. The summed E-state index contributed by atoms with van der Waals surface area (Å²) in [5.74, 6) is -0.712. The minimum atomic E-state index is -0.661. The molecule has 0 aliphatic rings. The number of carbonyl (C=O) groups excluding carboxylic acids is 1. The number of amides is 1. The third-order valence-corrected chi connectivity index (χ3v) is 3.75. The van der Waals surface area contributed by atoms with Crippen molar-refractivity contribution in [2.45, 2.75) is 20.8 Å². The van der Waals surface area contributed by atoms with Crippen molar-refractivity contribution in [3.63, 3.8) is 0 Å². The summed E-state index contributed by atoms with van der Waals surface area (Å²) in [5.41, 5.74) is 1.74. The molecule has 136 valence electrons. The molecule has 0 bridgehead atoms. The second-order valence-electron chi connectivity index (χ2n) is 5.78. The molecule has 0 aliphatic carbocycles. The van der Waals surface area contributed by atoms with Crippen molar-refractivity contribution in [1.29, 1.82) is 0 Å². The van der Waals surface area contributed by atoms with Crippen LogP contribution in [-0.4, -0.2) is 22.4 Å². The fraction of sp³-hybridized carbons (Fsp3) is 0.235. The van der Waals surface area contributed by atoms with Crippen molar-refractivity contribution < 1.29 is 19.4 Å². The number of anilines is 1. The summed E-state index contributed by atoms with van der Waals surface area (Å²) in [6.45, 7) is 4.67. The Balaban J connectivity index is 2.15. The van der Waals surface area contributed by atoms with Gasteiger partial charge in [0.15, 0.2) is 12.4 Å². The topological polar surface area (TPSA) is 125 Å². The van der Waals surface area contributed by atoms with Crippen molar-refractivity contribution in [3.8, 4) is 5.75 Å². The number of nitrogens with zero attached hydrogens (tertiary/aromatic N) is 2. The maximum absolute atomic E-state index is 12.1. The summed E-state index contributed by atoms with van der Waals surface area (Å²) in [5, 5.41) is 24.6. The number of aryl methyl sites for hydroxylation is 3. The van der Waals surface area contributed by atoms with Gasteiger partial charge in [-0.15, -0.1) is 0 Å². The molecule has 1 N–H and O–H groups in total. The zero-order valence-corrected chi connectivity index (χ0v) is 14.4. The molecule has 0 unspecified atom stereocenters. The van der Waals surface area contributed by atoms with E-state index in [1.165, 1.54) is 24.3 Å². The van der Waals surface area contributed by atoms with E-state index < -0.39 is 22.4 Å². The van der Waals surface area contributed by atoms with E-state index in [1.807, 2.05) is 0 Å². The normalized spacial score (nSPS) is 10.3. The molecule has 0 radical (unpaired) electrons. The maximum Gasteiger partial charge on any atom is 0.311 e. The van der Waals surface area contributed by atoms with Crippen LogP contribution in [0.4, 0.5) is 17.1 Å². The molecule has 0 saturated heterocycles. The molecule has 0 fully saturated rings. The first-order valence-corrected chi connectivity index (χ1v) is 7.62. The first-order valence-electron chi connectivity index (χ1n) is 7.62. The van der Waals surface area contributed by atoms with E-state index in [1.54, 1.807) is 26.8 Å². The predicted octanol–water partition coefficient (Wildman–Crippen LogP) is 3.45. The Labute approximate surface area is 148 Å². The van der Waals surface area contributed by atoms with Crippen LogP contribution in [0, 0.1) is 41.0 Å². The van der Waals surface area contributed by atoms with Crippen molar-refractivity contribution in [2.75, 3.05) is 11.9 Å². The molecule has 0 saturated carbocycles. The number of nitrogens with one attached hydrogen (secondary N) is 1. The number of hydrogen-bond acceptors (Lipinski definition) is 6. The van der Waals surface area contributed by atoms with Gasteiger partial charge in [0.25, 0.3) is 11.6 Å². The molecule has 0 aliphatic heterocycles. The van der Waals surface area contributed by atoms with Gasteiger partial charge in [-0.3, -0.25) is 25.0 Å². The van der Waals surface area contributed by atoms with Gasteiger partial charge in [0.1, 0.15) is 5.69 Å². The average molecular weight is 359 g/mol. The molecule has 1 amide bonds. The van der Waals surface area contributed by atoms with Gasteiger partial charge < -0.3 is 10.1 Å². The molecule has 0 heterocycles. The highest BCUT2D eigenvalue weighted by molar-refractivity contribution is 5.94. The number of rotatable bonds is 6. The summed E-state index contributed by atoms with van der Waals surface area (Å²) < 4.78 is 5.22.